The second-order valence-corrected chi connectivity index (χ2v) is 7.62. The van der Waals surface area contributed by atoms with Crippen LogP contribution in [0.25, 0.3) is 22.3 Å². The molecular weight excluding hydrogens is 388 g/mol. The number of hydrogen-bond acceptors (Lipinski definition) is 6. The number of pyridine rings is 2. The lowest BCUT2D eigenvalue weighted by molar-refractivity contribution is 0.102. The van der Waals surface area contributed by atoms with Crippen molar-refractivity contribution in [3.8, 4) is 11.4 Å². The van der Waals surface area contributed by atoms with Gasteiger partial charge in [0.05, 0.1) is 22.5 Å². The van der Waals surface area contributed by atoms with E-state index in [1.807, 2.05) is 55.5 Å². The van der Waals surface area contributed by atoms with E-state index in [1.54, 1.807) is 12.4 Å². The first-order valence-corrected chi connectivity index (χ1v) is 10.4. The predicted molar refractivity (Wildman–Crippen MR) is 121 cm³/mol. The van der Waals surface area contributed by atoms with Gasteiger partial charge in [0.1, 0.15) is 5.69 Å². The Balaban J connectivity index is 1.56. The molecule has 7 nitrogen and oxygen atoms in total. The molecule has 1 aliphatic rings. The first-order chi connectivity index (χ1) is 15.2. The Morgan fingerprint density at radius 2 is 1.81 bits per heavy atom. The summed E-state index contributed by atoms with van der Waals surface area (Å²) in [5.41, 5.74) is 3.95. The molecule has 154 valence electrons. The summed E-state index contributed by atoms with van der Waals surface area (Å²) in [4.78, 5) is 33.7. The number of anilines is 2. The zero-order chi connectivity index (χ0) is 21.2. The zero-order valence-corrected chi connectivity index (χ0v) is 17.2. The minimum atomic E-state index is -0.274. The fourth-order valence-corrected chi connectivity index (χ4v) is 3.91. The van der Waals surface area contributed by atoms with Gasteiger partial charge in [0.25, 0.3) is 5.91 Å². The summed E-state index contributed by atoms with van der Waals surface area (Å²) in [6.45, 7) is 3.76. The van der Waals surface area contributed by atoms with Crippen molar-refractivity contribution in [3.05, 3.63) is 72.2 Å². The zero-order valence-electron chi connectivity index (χ0n) is 17.2. The van der Waals surface area contributed by atoms with Crippen molar-refractivity contribution in [3.63, 3.8) is 0 Å². The molecule has 3 aromatic heterocycles. The largest absolute Gasteiger partial charge is 0.341 e. The third-order valence-corrected chi connectivity index (χ3v) is 5.41. The van der Waals surface area contributed by atoms with Crippen LogP contribution in [0.1, 0.15) is 28.9 Å². The quantitative estimate of drug-likeness (QED) is 0.542. The summed E-state index contributed by atoms with van der Waals surface area (Å²) in [5.74, 6) is 0.365. The minimum Gasteiger partial charge on any atom is -0.341 e. The molecule has 0 radical (unpaired) electrons. The monoisotopic (exact) mass is 410 g/mol. The first-order valence-electron chi connectivity index (χ1n) is 10.4. The Morgan fingerprint density at radius 3 is 2.61 bits per heavy atom. The van der Waals surface area contributed by atoms with Gasteiger partial charge in [-0.05, 0) is 44.0 Å². The highest BCUT2D eigenvalue weighted by molar-refractivity contribution is 6.11. The van der Waals surface area contributed by atoms with Crippen molar-refractivity contribution >= 4 is 28.4 Å². The first kappa shape index (κ1) is 19.1. The Kier molecular flexibility index (Phi) is 5.00. The number of carbonyl (C=O) groups excluding carboxylic acids is 1. The normalized spacial score (nSPS) is 13.5. The molecule has 0 unspecified atom stereocenters. The van der Waals surface area contributed by atoms with Crippen molar-refractivity contribution in [1.29, 1.82) is 0 Å². The van der Waals surface area contributed by atoms with Gasteiger partial charge in [0.2, 0.25) is 5.95 Å². The van der Waals surface area contributed by atoms with Crippen LogP contribution in [0.15, 0.2) is 60.9 Å². The maximum atomic E-state index is 13.3. The lowest BCUT2D eigenvalue weighted by Crippen LogP contribution is -2.22. The summed E-state index contributed by atoms with van der Waals surface area (Å²) in [5, 5.41) is 3.93. The molecule has 4 heterocycles. The van der Waals surface area contributed by atoms with Gasteiger partial charge in [-0.1, -0.05) is 24.3 Å². The molecule has 4 aromatic rings. The van der Waals surface area contributed by atoms with Crippen LogP contribution in [-0.2, 0) is 0 Å². The maximum absolute atomic E-state index is 13.3. The van der Waals surface area contributed by atoms with E-state index in [0.29, 0.717) is 28.6 Å². The van der Waals surface area contributed by atoms with E-state index in [9.17, 15) is 4.79 Å². The molecule has 1 aromatic carbocycles. The van der Waals surface area contributed by atoms with Crippen molar-refractivity contribution in [2.45, 2.75) is 19.8 Å². The molecular formula is C24H22N6O. The number of benzene rings is 1. The van der Waals surface area contributed by atoms with Crippen molar-refractivity contribution in [2.24, 2.45) is 0 Å². The second-order valence-electron chi connectivity index (χ2n) is 7.62. The van der Waals surface area contributed by atoms with Crippen LogP contribution in [0, 0.1) is 6.92 Å². The number of nitrogens with zero attached hydrogens (tertiary/aromatic N) is 5. The van der Waals surface area contributed by atoms with E-state index in [-0.39, 0.29) is 5.91 Å². The number of hydrogen-bond donors (Lipinski definition) is 1. The van der Waals surface area contributed by atoms with Crippen LogP contribution >= 0.6 is 0 Å². The highest BCUT2D eigenvalue weighted by Crippen LogP contribution is 2.27. The van der Waals surface area contributed by atoms with Gasteiger partial charge in [0, 0.05) is 36.6 Å². The van der Waals surface area contributed by atoms with E-state index in [1.165, 1.54) is 0 Å². The molecule has 7 heteroatoms. The van der Waals surface area contributed by atoms with Gasteiger partial charge in [-0.3, -0.25) is 14.8 Å². The van der Waals surface area contributed by atoms with E-state index >= 15 is 0 Å². The summed E-state index contributed by atoms with van der Waals surface area (Å²) >= 11 is 0. The molecule has 0 bridgehead atoms. The molecule has 0 saturated carbocycles. The highest BCUT2D eigenvalue weighted by atomic mass is 16.1. The van der Waals surface area contributed by atoms with Crippen LogP contribution in [0.2, 0.25) is 0 Å². The molecule has 1 amide bonds. The number of amides is 1. The molecule has 31 heavy (non-hydrogen) atoms. The number of nitrogens with one attached hydrogen (secondary N) is 1. The molecule has 1 saturated heterocycles. The van der Waals surface area contributed by atoms with Crippen LogP contribution in [0.3, 0.4) is 0 Å². The van der Waals surface area contributed by atoms with Crippen molar-refractivity contribution < 1.29 is 4.79 Å². The molecule has 5 rings (SSSR count). The SMILES string of the molecule is Cc1cc(NC(=O)c2cnc(N3CCCC3)nc2-c2ccccn2)c2ccccc2n1. The highest BCUT2D eigenvalue weighted by Gasteiger charge is 2.22. The van der Waals surface area contributed by atoms with Crippen LogP contribution < -0.4 is 10.2 Å². The van der Waals surface area contributed by atoms with Gasteiger partial charge < -0.3 is 10.2 Å². The smallest absolute Gasteiger partial charge is 0.259 e. The summed E-state index contributed by atoms with van der Waals surface area (Å²) < 4.78 is 0. The van der Waals surface area contributed by atoms with Gasteiger partial charge in [-0.15, -0.1) is 0 Å². The van der Waals surface area contributed by atoms with Crippen molar-refractivity contribution in [2.75, 3.05) is 23.3 Å². The topological polar surface area (TPSA) is 83.9 Å². The van der Waals surface area contributed by atoms with Crippen LogP contribution in [0.4, 0.5) is 11.6 Å². The number of carbonyl (C=O) groups is 1. The third kappa shape index (κ3) is 3.82. The number of aromatic nitrogens is 4. The second kappa shape index (κ2) is 8.10. The van der Waals surface area contributed by atoms with E-state index in [4.69, 9.17) is 4.98 Å². The predicted octanol–water partition coefficient (Wildman–Crippen LogP) is 4.25. The average Bonchev–Trinajstić information content (AvgIpc) is 3.34. The number of rotatable bonds is 4. The van der Waals surface area contributed by atoms with Gasteiger partial charge >= 0.3 is 0 Å². The molecule has 1 N–H and O–H groups in total. The van der Waals surface area contributed by atoms with Crippen LogP contribution in [-0.4, -0.2) is 38.9 Å². The van der Waals surface area contributed by atoms with E-state index < -0.39 is 0 Å². The van der Waals surface area contributed by atoms with E-state index in [0.717, 1.165) is 42.5 Å². The third-order valence-electron chi connectivity index (χ3n) is 5.41. The fourth-order valence-electron chi connectivity index (χ4n) is 3.91. The van der Waals surface area contributed by atoms with Crippen LogP contribution in [0.5, 0.6) is 0 Å². The minimum absolute atomic E-state index is 0.274. The molecule has 0 atom stereocenters. The summed E-state index contributed by atoms with van der Waals surface area (Å²) in [6.07, 6.45) is 5.56. The summed E-state index contributed by atoms with van der Waals surface area (Å²) in [6, 6.07) is 15.2. The Morgan fingerprint density at radius 1 is 1.00 bits per heavy atom. The molecule has 0 aliphatic carbocycles. The number of fused-ring (bicyclic) bond motifs is 1. The molecule has 0 spiro atoms. The fraction of sp³-hybridized carbons (Fsp3) is 0.208. The average molecular weight is 410 g/mol. The number of para-hydroxylation sites is 1. The number of aryl methyl sites for hydroxylation is 1. The summed E-state index contributed by atoms with van der Waals surface area (Å²) in [7, 11) is 0. The van der Waals surface area contributed by atoms with Crippen molar-refractivity contribution in [1.82, 2.24) is 19.9 Å². The molecule has 1 aliphatic heterocycles. The lowest BCUT2D eigenvalue weighted by atomic mass is 10.1. The lowest BCUT2D eigenvalue weighted by Gasteiger charge is -2.17. The maximum Gasteiger partial charge on any atom is 0.259 e. The Bertz CT molecular complexity index is 1250. The Hall–Kier alpha value is -3.87. The van der Waals surface area contributed by atoms with E-state index in [2.05, 4.69) is 25.2 Å². The molecule has 1 fully saturated rings. The van der Waals surface area contributed by atoms with Gasteiger partial charge in [-0.25, -0.2) is 9.97 Å². The standard InChI is InChI=1S/C24H22N6O/c1-16-14-21(17-8-2-3-9-19(17)27-16)28-23(31)18-15-26-24(30-12-6-7-13-30)29-22(18)20-10-4-5-11-25-20/h2-5,8-11,14-15H,6-7,12-13H2,1H3,(H,27,28,31). The van der Waals surface area contributed by atoms with Gasteiger partial charge in [0.15, 0.2) is 0 Å². The van der Waals surface area contributed by atoms with Gasteiger partial charge in [-0.2, -0.15) is 0 Å². The Labute approximate surface area is 180 Å².